The summed E-state index contributed by atoms with van der Waals surface area (Å²) in [5.74, 6) is 0.558. The molecule has 0 radical (unpaired) electrons. The monoisotopic (exact) mass is 201 g/mol. The fourth-order valence-corrected chi connectivity index (χ4v) is 0.847. The van der Waals surface area contributed by atoms with Crippen molar-refractivity contribution >= 4 is 17.0 Å². The Kier molecular flexibility index (Phi) is 3.54. The largest absolute Gasteiger partial charge is 0.425 e. The number of para-hydroxylation sites is 1. The third-order valence-corrected chi connectivity index (χ3v) is 1.25. The lowest BCUT2D eigenvalue weighted by molar-refractivity contribution is -0.253. The number of halogens is 1. The minimum absolute atomic E-state index is 0.558. The molecule has 1 rings (SSSR count). The van der Waals surface area contributed by atoms with E-state index in [2.05, 4.69) is 4.84 Å². The zero-order chi connectivity index (χ0) is 9.68. The lowest BCUT2D eigenvalue weighted by Gasteiger charge is -2.13. The summed E-state index contributed by atoms with van der Waals surface area (Å²) in [7, 11) is 1.42. The minimum atomic E-state index is -0.946. The van der Waals surface area contributed by atoms with Gasteiger partial charge in [-0.2, -0.15) is 0 Å². The highest BCUT2D eigenvalue weighted by Gasteiger charge is 2.04. The van der Waals surface area contributed by atoms with E-state index < -0.39 is 5.43 Å². The van der Waals surface area contributed by atoms with Crippen LogP contribution in [-0.4, -0.2) is 17.7 Å². The van der Waals surface area contributed by atoms with Crippen molar-refractivity contribution < 1.29 is 14.5 Å². The van der Waals surface area contributed by atoms with Gasteiger partial charge in [-0.05, 0) is 12.1 Å². The molecule has 0 atom stereocenters. The molecule has 5 heteroatoms. The van der Waals surface area contributed by atoms with Gasteiger partial charge in [0.15, 0.2) is 5.75 Å². The van der Waals surface area contributed by atoms with E-state index in [1.54, 1.807) is 24.3 Å². The Morgan fingerprint density at radius 2 is 2.00 bits per heavy atom. The van der Waals surface area contributed by atoms with Gasteiger partial charge < -0.3 is 9.68 Å². The van der Waals surface area contributed by atoms with Gasteiger partial charge in [0, 0.05) is 16.8 Å². The summed E-state index contributed by atoms with van der Waals surface area (Å²) in [6, 6.07) is 8.88. The van der Waals surface area contributed by atoms with E-state index in [1.165, 1.54) is 7.05 Å². The van der Waals surface area contributed by atoms with Crippen LogP contribution in [0.15, 0.2) is 30.3 Å². The van der Waals surface area contributed by atoms with Crippen molar-refractivity contribution in [2.24, 2.45) is 0 Å². The maximum absolute atomic E-state index is 10.3. The summed E-state index contributed by atoms with van der Waals surface area (Å²) in [5.41, 5.74) is -0.946. The molecule has 0 saturated heterocycles. The quantitative estimate of drug-likeness (QED) is 0.555. The number of carbonyl (C=O) groups is 1. The molecule has 0 unspecified atom stereocenters. The van der Waals surface area contributed by atoms with Gasteiger partial charge in [0.1, 0.15) is 0 Å². The highest BCUT2D eigenvalue weighted by molar-refractivity contribution is 6.61. The maximum atomic E-state index is 10.3. The average Bonchev–Trinajstić information content (AvgIpc) is 2.04. The molecular weight excluding hydrogens is 194 g/mol. The molecular formula is C8H8ClNO3. The zero-order valence-corrected chi connectivity index (χ0v) is 7.69. The van der Waals surface area contributed by atoms with Gasteiger partial charge in [0.25, 0.3) is 0 Å². The van der Waals surface area contributed by atoms with Crippen LogP contribution in [0.25, 0.3) is 0 Å². The van der Waals surface area contributed by atoms with Gasteiger partial charge in [-0.3, -0.25) is 0 Å². The van der Waals surface area contributed by atoms with Gasteiger partial charge in [-0.1, -0.05) is 18.2 Å². The van der Waals surface area contributed by atoms with Crippen molar-refractivity contribution in [3.63, 3.8) is 0 Å². The Labute approximate surface area is 80.5 Å². The summed E-state index contributed by atoms with van der Waals surface area (Å²) in [6.07, 6.45) is 0. The molecule has 1 aromatic carbocycles. The first-order valence-electron chi connectivity index (χ1n) is 3.52. The molecule has 0 heterocycles. The van der Waals surface area contributed by atoms with E-state index in [4.69, 9.17) is 16.4 Å². The van der Waals surface area contributed by atoms with Crippen molar-refractivity contribution in [2.45, 2.75) is 0 Å². The minimum Gasteiger partial charge on any atom is -0.371 e. The molecule has 0 amide bonds. The second-order valence-corrected chi connectivity index (χ2v) is 2.48. The first kappa shape index (κ1) is 9.83. The number of hydrogen-bond acceptors (Lipinski definition) is 4. The molecule has 0 aliphatic carbocycles. The van der Waals surface area contributed by atoms with E-state index in [0.29, 0.717) is 5.75 Å². The van der Waals surface area contributed by atoms with E-state index >= 15 is 0 Å². The van der Waals surface area contributed by atoms with Gasteiger partial charge in [-0.15, -0.1) is 0 Å². The summed E-state index contributed by atoms with van der Waals surface area (Å²) < 4.78 is 0. The van der Waals surface area contributed by atoms with Crippen LogP contribution in [-0.2, 0) is 4.84 Å². The van der Waals surface area contributed by atoms with Crippen LogP contribution in [0.1, 0.15) is 0 Å². The molecule has 4 nitrogen and oxygen atoms in total. The third-order valence-electron chi connectivity index (χ3n) is 1.18. The first-order chi connectivity index (χ1) is 6.18. The van der Waals surface area contributed by atoms with E-state index in [0.717, 1.165) is 5.23 Å². The molecule has 13 heavy (non-hydrogen) atoms. The summed E-state index contributed by atoms with van der Waals surface area (Å²) in [4.78, 5) is 19.7. The molecule has 0 aliphatic rings. The van der Waals surface area contributed by atoms with Crippen LogP contribution >= 0.6 is 11.6 Å². The van der Waals surface area contributed by atoms with Crippen molar-refractivity contribution in [1.82, 2.24) is 5.23 Å². The molecule has 0 bridgehead atoms. The molecule has 0 N–H and O–H groups in total. The van der Waals surface area contributed by atoms with E-state index in [-0.39, 0.29) is 0 Å². The van der Waals surface area contributed by atoms with E-state index in [1.807, 2.05) is 6.07 Å². The molecule has 0 spiro atoms. The average molecular weight is 202 g/mol. The Morgan fingerprint density at radius 1 is 1.38 bits per heavy atom. The molecule has 0 fully saturated rings. The van der Waals surface area contributed by atoms with E-state index in [9.17, 15) is 4.79 Å². The number of benzene rings is 1. The Hall–Kier alpha value is -1.26. The first-order valence-corrected chi connectivity index (χ1v) is 3.90. The summed E-state index contributed by atoms with van der Waals surface area (Å²) in [5, 5.41) is 0.880. The van der Waals surface area contributed by atoms with Crippen molar-refractivity contribution in [1.29, 1.82) is 0 Å². The van der Waals surface area contributed by atoms with Crippen LogP contribution in [0.5, 0.6) is 5.75 Å². The normalized spacial score (nSPS) is 9.77. The third kappa shape index (κ3) is 3.78. The lowest BCUT2D eigenvalue weighted by Crippen LogP contribution is -2.23. The number of carbonyl (C=O) groups excluding carboxylic acids is 1. The van der Waals surface area contributed by atoms with Gasteiger partial charge >= 0.3 is 5.43 Å². The Bertz CT molecular complexity index is 278. The van der Waals surface area contributed by atoms with Crippen LogP contribution < -0.4 is 4.84 Å². The summed E-state index contributed by atoms with van der Waals surface area (Å²) in [6.45, 7) is 0. The predicted molar refractivity (Wildman–Crippen MR) is 47.2 cm³/mol. The predicted octanol–water partition coefficient (Wildman–Crippen LogP) is 2.20. The number of nitrogens with zero attached hydrogens (tertiary/aromatic N) is 1. The highest BCUT2D eigenvalue weighted by Crippen LogP contribution is 2.09. The summed E-state index contributed by atoms with van der Waals surface area (Å²) >= 11 is 4.96. The van der Waals surface area contributed by atoms with Gasteiger partial charge in [0.2, 0.25) is 0 Å². The molecule has 0 aliphatic heterocycles. The topological polar surface area (TPSA) is 38.8 Å². The van der Waals surface area contributed by atoms with Crippen LogP contribution in [0.2, 0.25) is 0 Å². The number of rotatable bonds is 3. The van der Waals surface area contributed by atoms with Gasteiger partial charge in [0.05, 0.1) is 7.05 Å². The molecule has 1 aromatic rings. The standard InChI is InChI=1S/C8H8ClNO3/c1-10(13-8(9)11)12-7-5-3-2-4-6-7/h2-6H,1H3. The van der Waals surface area contributed by atoms with Crippen LogP contribution in [0, 0.1) is 0 Å². The molecule has 0 aromatic heterocycles. The highest BCUT2D eigenvalue weighted by atomic mass is 35.5. The number of hydroxylamine groups is 2. The lowest BCUT2D eigenvalue weighted by atomic mass is 10.3. The Morgan fingerprint density at radius 3 is 2.54 bits per heavy atom. The fraction of sp³-hybridized carbons (Fsp3) is 0.125. The second kappa shape index (κ2) is 4.69. The smallest absolute Gasteiger partial charge is 0.371 e. The molecule has 0 saturated carbocycles. The fourth-order valence-electron chi connectivity index (χ4n) is 0.750. The van der Waals surface area contributed by atoms with Crippen molar-refractivity contribution in [2.75, 3.05) is 7.05 Å². The Balaban J connectivity index is 2.45. The van der Waals surface area contributed by atoms with Gasteiger partial charge in [-0.25, -0.2) is 4.79 Å². The van der Waals surface area contributed by atoms with Crippen molar-refractivity contribution in [3.8, 4) is 5.75 Å². The van der Waals surface area contributed by atoms with Crippen LogP contribution in [0.4, 0.5) is 4.79 Å². The zero-order valence-electron chi connectivity index (χ0n) is 6.94. The second-order valence-electron chi connectivity index (χ2n) is 2.17. The SMILES string of the molecule is CN(OC(=O)Cl)Oc1ccccc1. The number of hydrogen-bond donors (Lipinski definition) is 0. The van der Waals surface area contributed by atoms with Crippen LogP contribution in [0.3, 0.4) is 0 Å². The van der Waals surface area contributed by atoms with Crippen molar-refractivity contribution in [3.05, 3.63) is 30.3 Å². The maximum Gasteiger partial charge on any atom is 0.425 e. The molecule has 70 valence electrons.